The molecule has 0 saturated heterocycles. The number of hydrazone groups is 1. The van der Waals surface area contributed by atoms with Crippen molar-refractivity contribution < 1.29 is 101 Å². The van der Waals surface area contributed by atoms with Gasteiger partial charge in [0.15, 0.2) is 48.9 Å². The molecule has 0 radical (unpaired) electrons. The number of aldehydes is 1. The van der Waals surface area contributed by atoms with Crippen LogP contribution in [0.3, 0.4) is 0 Å². The molecule has 7 aromatic rings. The summed E-state index contributed by atoms with van der Waals surface area (Å²) in [5.41, 5.74) is 14.0. The second-order valence-corrected chi connectivity index (χ2v) is 24.0. The van der Waals surface area contributed by atoms with Gasteiger partial charge in [-0.25, -0.2) is 90.0 Å². The lowest BCUT2D eigenvalue weighted by Crippen LogP contribution is -2.34. The Morgan fingerprint density at radius 2 is 0.981 bits per heavy atom. The number of carbonyl (C=O) groups excluding carboxylic acids is 5. The molecule has 50 heteroatoms. The predicted molar refractivity (Wildman–Crippen MR) is 380 cm³/mol. The van der Waals surface area contributed by atoms with Gasteiger partial charge in [0.05, 0.1) is 26.4 Å². The molecule has 0 unspecified atom stereocenters. The first-order valence-electron chi connectivity index (χ1n) is 28.8. The quantitative estimate of drug-likeness (QED) is 0.00318. The number of nitrogen functional groups attached to an aromatic ring is 1. The average Bonchev–Trinajstić information content (AvgIpc) is 1.63. The van der Waals surface area contributed by atoms with Gasteiger partial charge in [0, 0.05) is 42.1 Å². The number of H-pyrrole nitrogens is 1. The van der Waals surface area contributed by atoms with E-state index in [1.54, 1.807) is 46.5 Å². The van der Waals surface area contributed by atoms with E-state index in [4.69, 9.17) is 41.2 Å². The van der Waals surface area contributed by atoms with Crippen molar-refractivity contribution in [3.8, 4) is 0 Å². The van der Waals surface area contributed by atoms with Crippen molar-refractivity contribution in [3.63, 3.8) is 0 Å². The number of nitrogens with two attached hydrogens (primary N) is 2. The summed E-state index contributed by atoms with van der Waals surface area (Å²) in [4.78, 5) is 110. The Hall–Kier alpha value is -8.04. The Bertz CT molecular complexity index is 3950. The Morgan fingerprint density at radius 1 is 0.594 bits per heavy atom. The van der Waals surface area contributed by atoms with E-state index >= 15 is 0 Å². The minimum Gasteiger partial charge on any atom is -0.462 e. The van der Waals surface area contributed by atoms with Gasteiger partial charge in [-0.1, -0.05) is 97.2 Å². The van der Waals surface area contributed by atoms with Crippen molar-refractivity contribution in [3.05, 3.63) is 97.2 Å². The minimum atomic E-state index is -4.64. The van der Waals surface area contributed by atoms with Gasteiger partial charge in [0.1, 0.15) is 56.7 Å². The van der Waals surface area contributed by atoms with Gasteiger partial charge in [-0.05, 0) is 94.1 Å². The van der Waals surface area contributed by atoms with Gasteiger partial charge in [-0.3, -0.25) is 20.1 Å². The highest BCUT2D eigenvalue weighted by atomic mass is 79.9. The molecule has 7 heterocycles. The molecule has 7 aromatic heterocycles. The van der Waals surface area contributed by atoms with E-state index in [9.17, 15) is 76.7 Å². The van der Waals surface area contributed by atoms with Crippen LogP contribution >= 0.6 is 86.3 Å². The number of carbonyl (C=O) groups is 5. The summed E-state index contributed by atoms with van der Waals surface area (Å²) in [6.45, 7) is 11.4. The van der Waals surface area contributed by atoms with Crippen molar-refractivity contribution in [2.24, 2.45) is 16.7 Å². The SMILES string of the molecule is CC(C)(C)c1cccc(Br)n1.CCOC(=O)c1cnc(SC)nc1Cl.CCOC(=O)c1cnc(SC)nc1N/N=C/C(F)(F)F.CCOC(=O)c1cnc(SC)nc1NN.CCOC(=O)c1cnc(SC)nc1NNCC(F)(F)F.CN.CSc1ncc2c(=O)n(CC(F)(F)F)[nH]c2n1.O.O=CC(F)(F)F. The van der Waals surface area contributed by atoms with Gasteiger partial charge >= 0.3 is 48.6 Å². The molecule has 7 rings (SSSR count). The molecule has 0 amide bonds. The summed E-state index contributed by atoms with van der Waals surface area (Å²) < 4.78 is 160. The number of halogens is 14. The van der Waals surface area contributed by atoms with E-state index < -0.39 is 73.5 Å². The number of nitrogens with zero attached hydrogens (tertiary/aromatic N) is 13. The van der Waals surface area contributed by atoms with Crippen molar-refractivity contribution in [1.82, 2.24) is 70.0 Å². The maximum absolute atomic E-state index is 12.2. The van der Waals surface area contributed by atoms with Crippen molar-refractivity contribution >= 4 is 151 Å². The van der Waals surface area contributed by atoms with Crippen LogP contribution in [0, 0.1) is 0 Å². The molecule has 0 bridgehead atoms. The van der Waals surface area contributed by atoms with Crippen LogP contribution < -0.4 is 38.8 Å². The lowest BCUT2D eigenvalue weighted by atomic mass is 9.92. The van der Waals surface area contributed by atoms with Gasteiger partial charge in [-0.15, -0.1) is 0 Å². The van der Waals surface area contributed by atoms with Gasteiger partial charge in [0.25, 0.3) is 5.56 Å². The Kier molecular flexibility index (Phi) is 47.7. The molecule has 0 aliphatic carbocycles. The number of hydrogen-bond donors (Lipinski definition) is 7. The van der Waals surface area contributed by atoms with Crippen molar-refractivity contribution in [2.75, 3.05) is 87.6 Å². The third-order valence-corrected chi connectivity index (χ3v) is 13.9. The highest BCUT2D eigenvalue weighted by molar-refractivity contribution is 9.10. The summed E-state index contributed by atoms with van der Waals surface area (Å²) >= 11 is 15.4. The molecule has 0 aliphatic heterocycles. The Balaban J connectivity index is 0. The second-order valence-electron chi connectivity index (χ2n) is 18.9. The van der Waals surface area contributed by atoms with Crippen LogP contribution in [0.15, 0.2) is 89.5 Å². The van der Waals surface area contributed by atoms with Crippen LogP contribution in [0.25, 0.3) is 11.0 Å². The molecule has 31 nitrogen and oxygen atoms in total. The van der Waals surface area contributed by atoms with Crippen molar-refractivity contribution in [1.29, 1.82) is 0 Å². The minimum absolute atomic E-state index is 0. The molecule has 0 fully saturated rings. The zero-order chi connectivity index (χ0) is 80.5. The molecule has 11 N–H and O–H groups in total. The molecular weight excluding hydrogens is 1630 g/mol. The number of ether oxygens (including phenoxy) is 4. The smallest absolute Gasteiger partial charge is 0.446 e. The number of nitrogens with one attached hydrogen (secondary N) is 5. The van der Waals surface area contributed by atoms with Gasteiger partial charge < -0.3 is 41.0 Å². The number of thioether (sulfide) groups is 5. The maximum atomic E-state index is 12.2. The number of alkyl halides is 12. The first-order chi connectivity index (χ1) is 49.1. The molecule has 0 aliphatic rings. The molecular formula is C56H72BrClF12N20O11S5. The van der Waals surface area contributed by atoms with Crippen LogP contribution in [0.4, 0.5) is 70.1 Å². The third-order valence-electron chi connectivity index (χ3n) is 10.4. The first kappa shape index (κ1) is 100. The van der Waals surface area contributed by atoms with Crippen LogP contribution in [0.2, 0.25) is 5.15 Å². The summed E-state index contributed by atoms with van der Waals surface area (Å²) in [5.74, 6) is 2.87. The monoisotopic (exact) mass is 1700 g/mol. The van der Waals surface area contributed by atoms with Crippen LogP contribution in [-0.4, -0.2) is 202 Å². The van der Waals surface area contributed by atoms with E-state index in [0.717, 1.165) is 10.3 Å². The number of esters is 4. The van der Waals surface area contributed by atoms with Crippen molar-refractivity contribution in [2.45, 2.75) is 111 Å². The number of pyridine rings is 1. The van der Waals surface area contributed by atoms with E-state index in [0.29, 0.717) is 38.5 Å². The molecule has 0 aromatic carbocycles. The van der Waals surface area contributed by atoms with E-state index in [1.165, 1.54) is 96.8 Å². The second kappa shape index (κ2) is 50.5. The van der Waals surface area contributed by atoms with Crippen LogP contribution in [-0.2, 0) is 35.7 Å². The zero-order valence-corrected chi connectivity index (χ0v) is 64.3. The fourth-order valence-corrected chi connectivity index (χ4v) is 8.39. The van der Waals surface area contributed by atoms with Crippen LogP contribution in [0.1, 0.15) is 95.6 Å². The van der Waals surface area contributed by atoms with E-state index in [-0.39, 0.29) is 91.4 Å². The van der Waals surface area contributed by atoms with E-state index in [1.807, 2.05) is 36.1 Å². The van der Waals surface area contributed by atoms with Crippen LogP contribution in [0.5, 0.6) is 0 Å². The largest absolute Gasteiger partial charge is 0.462 e. The Labute approximate surface area is 631 Å². The number of rotatable bonds is 20. The third kappa shape index (κ3) is 40.1. The topological polar surface area (TPSA) is 446 Å². The predicted octanol–water partition coefficient (Wildman–Crippen LogP) is 10.9. The van der Waals surface area contributed by atoms with E-state index in [2.05, 4.69) is 124 Å². The fraction of sp³-hybridized carbons (Fsp3) is 0.429. The summed E-state index contributed by atoms with van der Waals surface area (Å²) in [5, 5.41) is 7.52. The summed E-state index contributed by atoms with van der Waals surface area (Å²) in [7, 11) is 1.50. The normalized spacial score (nSPS) is 10.9. The average molecular weight is 1700 g/mol. The molecule has 0 spiro atoms. The lowest BCUT2D eigenvalue weighted by molar-refractivity contribution is -0.156. The molecule has 590 valence electrons. The molecule has 0 atom stereocenters. The fourth-order valence-electron chi connectivity index (χ4n) is 6.09. The molecule has 0 saturated carbocycles. The highest BCUT2D eigenvalue weighted by Crippen LogP contribution is 2.25. The maximum Gasteiger partial charge on any atom is 0.446 e. The number of aromatic nitrogens is 13. The lowest BCUT2D eigenvalue weighted by Gasteiger charge is -2.17. The molecule has 106 heavy (non-hydrogen) atoms. The zero-order valence-electron chi connectivity index (χ0n) is 57.9. The number of hydrazine groups is 2. The Morgan fingerprint density at radius 3 is 1.35 bits per heavy atom. The summed E-state index contributed by atoms with van der Waals surface area (Å²) in [6, 6.07) is 6.00. The highest BCUT2D eigenvalue weighted by Gasteiger charge is 2.31. The van der Waals surface area contributed by atoms with Gasteiger partial charge in [-0.2, -0.15) is 57.8 Å². The first-order valence-corrected chi connectivity index (χ1v) is 36.1. The van der Waals surface area contributed by atoms with Gasteiger partial charge in [0.2, 0.25) is 6.29 Å². The number of hydrogen-bond acceptors (Lipinski definition) is 33. The number of anilines is 3. The summed E-state index contributed by atoms with van der Waals surface area (Å²) in [6.07, 6.45) is -4.22. The standard InChI is InChI=1S/C10H13F3N4O2S.C10H11F3N4O2S.C9H12BrN.C8H9ClN2O2S.C8H7F3N4OS.C8H12N4O2S.C2HF3O.CH5N.H2O/c2*1-3-19-8(18)6-4-14-9(20-2)16-7(6)17-15-5-10(11,12)13;1-9(2,3)7-5-4-6-8(10)11-7;1-3-13-7(12)5-4-10-8(14-2)11-6(5)9;1-17-7-12-2-4-5(13-7)14-15(6(4)16)3-8(9,10)11;1-3-14-7(13)5-4-10-8(15-2)11-6(5)12-9;3-2(4,5)1-6;1-2;/h4,15H,3,5H2,1-2H3,(H,14,16,17);4-5H,3H2,1-2H3,(H,14,16,17);4-6H,1-3H3;4H,3H2,1-2H3;2H,3H2,1H3,(H,12,13,14);4H,3,9H2,1-2H3,(H,10,11,12);1H;2H2,1H3;1H2/b;15-5+;;;;;;;. The number of fused-ring (bicyclic) bond motifs is 1. The number of aromatic amines is 1.